The van der Waals surface area contributed by atoms with Gasteiger partial charge in [0.25, 0.3) is 0 Å². The molecule has 0 fully saturated rings. The first-order chi connectivity index (χ1) is 22.7. The summed E-state index contributed by atoms with van der Waals surface area (Å²) in [7, 11) is 0. The summed E-state index contributed by atoms with van der Waals surface area (Å²) < 4.78 is 0. The average molecular weight is 633 g/mol. The van der Waals surface area contributed by atoms with Crippen molar-refractivity contribution in [2.24, 2.45) is 21.8 Å². The second-order valence-corrected chi connectivity index (χ2v) is 13.8. The second kappa shape index (κ2) is 20.2. The lowest BCUT2D eigenvalue weighted by atomic mass is 9.91. The fourth-order valence-electron chi connectivity index (χ4n) is 6.78. The van der Waals surface area contributed by atoms with Crippen LogP contribution in [0.15, 0.2) is 77.2 Å². The molecule has 0 saturated heterocycles. The standard InChI is InChI=1S/C45H64N2/c1-10-15-17-37(12-3)19-21-40-25-29-43(33(6)31-40)35(8)46-45(42-27-23-39(14-5)24-28-42)47-36(9)44-30-26-41(32-34(44)7)22-20-38(13-4)18-16-11-2/h23-32,37-38H,8,10-22H2,1-7,9H3. The van der Waals surface area contributed by atoms with Gasteiger partial charge in [-0.05, 0) is 98.1 Å². The minimum atomic E-state index is 0.713. The van der Waals surface area contributed by atoms with E-state index in [1.54, 1.807) is 0 Å². The zero-order valence-electron chi connectivity index (χ0n) is 31.2. The number of rotatable bonds is 19. The van der Waals surface area contributed by atoms with E-state index in [1.165, 1.54) is 97.6 Å². The van der Waals surface area contributed by atoms with Crippen molar-refractivity contribution in [1.82, 2.24) is 0 Å². The zero-order chi connectivity index (χ0) is 34.2. The van der Waals surface area contributed by atoms with E-state index in [-0.39, 0.29) is 0 Å². The van der Waals surface area contributed by atoms with E-state index in [0.29, 0.717) is 5.84 Å². The van der Waals surface area contributed by atoms with Gasteiger partial charge in [0.15, 0.2) is 5.84 Å². The Hall–Kier alpha value is -3.26. The van der Waals surface area contributed by atoms with Gasteiger partial charge in [-0.25, -0.2) is 9.98 Å². The molecule has 254 valence electrons. The van der Waals surface area contributed by atoms with Crippen LogP contribution in [0.3, 0.4) is 0 Å². The van der Waals surface area contributed by atoms with Crippen LogP contribution >= 0.6 is 0 Å². The number of benzene rings is 3. The molecule has 3 rings (SSSR count). The Morgan fingerprint density at radius 2 is 1.11 bits per heavy atom. The Morgan fingerprint density at radius 3 is 1.55 bits per heavy atom. The van der Waals surface area contributed by atoms with Crippen LogP contribution in [0.5, 0.6) is 0 Å². The van der Waals surface area contributed by atoms with E-state index in [9.17, 15) is 0 Å². The van der Waals surface area contributed by atoms with Crippen molar-refractivity contribution < 1.29 is 0 Å². The van der Waals surface area contributed by atoms with Gasteiger partial charge in [0.05, 0.1) is 5.70 Å². The normalized spacial score (nSPS) is 13.5. The first-order valence-electron chi connectivity index (χ1n) is 18.8. The highest BCUT2D eigenvalue weighted by Gasteiger charge is 2.13. The number of hydrogen-bond acceptors (Lipinski definition) is 1. The lowest BCUT2D eigenvalue weighted by molar-refractivity contribution is 0.422. The Labute approximate surface area is 289 Å². The van der Waals surface area contributed by atoms with E-state index >= 15 is 0 Å². The summed E-state index contributed by atoms with van der Waals surface area (Å²) in [6, 6.07) is 22.4. The van der Waals surface area contributed by atoms with Crippen molar-refractivity contribution in [2.45, 2.75) is 139 Å². The van der Waals surface area contributed by atoms with Crippen molar-refractivity contribution in [1.29, 1.82) is 0 Å². The summed E-state index contributed by atoms with van der Waals surface area (Å²) in [5.74, 6) is 2.36. The Balaban J connectivity index is 1.86. The zero-order valence-corrected chi connectivity index (χ0v) is 31.2. The van der Waals surface area contributed by atoms with Gasteiger partial charge < -0.3 is 0 Å². The average Bonchev–Trinajstić information content (AvgIpc) is 3.08. The summed E-state index contributed by atoms with van der Waals surface area (Å²) in [5, 5.41) is 0. The van der Waals surface area contributed by atoms with Crippen molar-refractivity contribution in [3.8, 4) is 0 Å². The minimum Gasteiger partial charge on any atom is -0.233 e. The SMILES string of the molecule is C=C(N=C(N=C(C)c1ccc(CCC(CC)CCCC)cc1C)c1ccc(CC)cc1)c1ccc(CCC(CC)CCCC)cc1C. The summed E-state index contributed by atoms with van der Waals surface area (Å²) in [6.45, 7) is 22.4. The lowest BCUT2D eigenvalue weighted by Gasteiger charge is -2.15. The van der Waals surface area contributed by atoms with Crippen LogP contribution < -0.4 is 0 Å². The molecule has 2 atom stereocenters. The van der Waals surface area contributed by atoms with Crippen LogP contribution in [0.1, 0.15) is 150 Å². The van der Waals surface area contributed by atoms with Crippen molar-refractivity contribution in [3.63, 3.8) is 0 Å². The maximum atomic E-state index is 5.19. The predicted molar refractivity (Wildman–Crippen MR) is 209 cm³/mol. The van der Waals surface area contributed by atoms with Gasteiger partial charge in [-0.2, -0.15) is 0 Å². The van der Waals surface area contributed by atoms with Gasteiger partial charge >= 0.3 is 0 Å². The third-order valence-electron chi connectivity index (χ3n) is 10.2. The molecule has 0 heterocycles. The van der Waals surface area contributed by atoms with E-state index in [0.717, 1.165) is 53.6 Å². The molecular weight excluding hydrogens is 569 g/mol. The van der Waals surface area contributed by atoms with Crippen molar-refractivity contribution in [2.75, 3.05) is 0 Å². The highest BCUT2D eigenvalue weighted by Crippen LogP contribution is 2.25. The molecule has 2 nitrogen and oxygen atoms in total. The number of aliphatic imine (C=N–C) groups is 2. The molecule has 0 spiro atoms. The van der Waals surface area contributed by atoms with E-state index in [4.69, 9.17) is 9.98 Å². The van der Waals surface area contributed by atoms with E-state index < -0.39 is 0 Å². The molecular formula is C45H64N2. The number of amidine groups is 1. The van der Waals surface area contributed by atoms with Gasteiger partial charge in [-0.3, -0.25) is 0 Å². The largest absolute Gasteiger partial charge is 0.233 e. The second-order valence-electron chi connectivity index (χ2n) is 13.8. The maximum absolute atomic E-state index is 5.19. The van der Waals surface area contributed by atoms with Crippen LogP contribution in [0.25, 0.3) is 5.70 Å². The predicted octanol–water partition coefficient (Wildman–Crippen LogP) is 13.1. The van der Waals surface area contributed by atoms with Crippen LogP contribution in [-0.2, 0) is 19.3 Å². The first-order valence-corrected chi connectivity index (χ1v) is 18.8. The molecule has 0 N–H and O–H groups in total. The first kappa shape index (κ1) is 38.2. The summed E-state index contributed by atoms with van der Waals surface area (Å²) >= 11 is 0. The van der Waals surface area contributed by atoms with Crippen LogP contribution in [0.4, 0.5) is 0 Å². The lowest BCUT2D eigenvalue weighted by Crippen LogP contribution is -2.07. The van der Waals surface area contributed by atoms with Gasteiger partial charge in [-0.15, -0.1) is 0 Å². The molecule has 3 aromatic rings. The van der Waals surface area contributed by atoms with Gasteiger partial charge in [0.1, 0.15) is 0 Å². The molecule has 0 aliphatic rings. The molecule has 0 bridgehead atoms. The third-order valence-corrected chi connectivity index (χ3v) is 10.2. The van der Waals surface area contributed by atoms with Crippen LogP contribution in [-0.4, -0.2) is 11.5 Å². The number of aryl methyl sites for hydroxylation is 5. The highest BCUT2D eigenvalue weighted by molar-refractivity contribution is 6.13. The quantitative estimate of drug-likeness (QED) is 0.0928. The molecule has 2 heteroatoms. The summed E-state index contributed by atoms with van der Waals surface area (Å²) in [6.07, 6.45) is 16.3. The van der Waals surface area contributed by atoms with Gasteiger partial charge in [0.2, 0.25) is 0 Å². The molecule has 0 aliphatic heterocycles. The molecule has 0 aliphatic carbocycles. The molecule has 0 amide bonds. The summed E-state index contributed by atoms with van der Waals surface area (Å²) in [4.78, 5) is 10.3. The number of unbranched alkanes of at least 4 members (excludes halogenated alkanes) is 2. The minimum absolute atomic E-state index is 0.713. The van der Waals surface area contributed by atoms with Crippen molar-refractivity contribution >= 4 is 17.2 Å². The Kier molecular flexibility index (Phi) is 16.4. The van der Waals surface area contributed by atoms with Crippen molar-refractivity contribution in [3.05, 3.63) is 112 Å². The number of nitrogens with zero attached hydrogens (tertiary/aromatic N) is 2. The topological polar surface area (TPSA) is 24.7 Å². The monoisotopic (exact) mass is 633 g/mol. The van der Waals surface area contributed by atoms with E-state index in [1.807, 2.05) is 0 Å². The maximum Gasteiger partial charge on any atom is 0.160 e. The molecule has 0 saturated carbocycles. The molecule has 3 aromatic carbocycles. The molecule has 2 unspecified atom stereocenters. The Bertz CT molecular complexity index is 1460. The fourth-order valence-corrected chi connectivity index (χ4v) is 6.78. The van der Waals surface area contributed by atoms with Gasteiger partial charge in [-0.1, -0.05) is 153 Å². The molecule has 47 heavy (non-hydrogen) atoms. The summed E-state index contributed by atoms with van der Waals surface area (Å²) in [5.41, 5.74) is 11.7. The fraction of sp³-hybridized carbons (Fsp3) is 0.511. The Morgan fingerprint density at radius 1 is 0.617 bits per heavy atom. The molecule has 0 aromatic heterocycles. The van der Waals surface area contributed by atoms with Crippen LogP contribution in [0, 0.1) is 25.7 Å². The van der Waals surface area contributed by atoms with E-state index in [2.05, 4.69) is 123 Å². The third kappa shape index (κ3) is 12.0. The molecule has 0 radical (unpaired) electrons. The van der Waals surface area contributed by atoms with Gasteiger partial charge in [0, 0.05) is 16.8 Å². The smallest absolute Gasteiger partial charge is 0.160 e. The van der Waals surface area contributed by atoms with Crippen LogP contribution in [0.2, 0.25) is 0 Å². The highest BCUT2D eigenvalue weighted by atomic mass is 14.9. The number of hydrogen-bond donors (Lipinski definition) is 0.